The van der Waals surface area contributed by atoms with Crippen LogP contribution in [0.2, 0.25) is 5.02 Å². The normalized spacial score (nSPS) is 17.6. The minimum atomic E-state index is -0.0853. The predicted octanol–water partition coefficient (Wildman–Crippen LogP) is 7.75. The fourth-order valence-corrected chi connectivity index (χ4v) is 5.76. The highest BCUT2D eigenvalue weighted by molar-refractivity contribution is 7.80. The number of halogens is 1. The number of benzene rings is 2. The molecule has 0 radical (unpaired) electrons. The van der Waals surface area contributed by atoms with Crippen molar-refractivity contribution in [3.8, 4) is 5.69 Å². The third-order valence-corrected chi connectivity index (χ3v) is 7.69. The number of hydrogen-bond acceptors (Lipinski definition) is 2. The van der Waals surface area contributed by atoms with Gasteiger partial charge >= 0.3 is 0 Å². The van der Waals surface area contributed by atoms with Crippen LogP contribution in [0, 0.1) is 20.8 Å². The van der Waals surface area contributed by atoms with Crippen molar-refractivity contribution in [1.82, 2.24) is 14.9 Å². The zero-order valence-corrected chi connectivity index (χ0v) is 22.9. The first-order valence-electron chi connectivity index (χ1n) is 12.3. The van der Waals surface area contributed by atoms with Crippen molar-refractivity contribution in [1.29, 1.82) is 0 Å². The van der Waals surface area contributed by atoms with Crippen molar-refractivity contribution in [2.75, 3.05) is 4.90 Å². The molecule has 0 unspecified atom stereocenters. The van der Waals surface area contributed by atoms with Crippen molar-refractivity contribution in [3.63, 3.8) is 0 Å². The zero-order chi connectivity index (χ0) is 25.6. The summed E-state index contributed by atoms with van der Waals surface area (Å²) in [4.78, 5) is 6.95. The highest BCUT2D eigenvalue weighted by atomic mass is 35.5. The van der Waals surface area contributed by atoms with Crippen molar-refractivity contribution < 1.29 is 0 Å². The first kappa shape index (κ1) is 24.5. The van der Waals surface area contributed by atoms with E-state index in [0.29, 0.717) is 11.0 Å². The molecule has 36 heavy (non-hydrogen) atoms. The topological polar surface area (TPSA) is 33.1 Å². The Bertz CT molecular complexity index is 1410. The van der Waals surface area contributed by atoms with Crippen molar-refractivity contribution in [3.05, 3.63) is 112 Å². The Morgan fingerprint density at radius 1 is 0.972 bits per heavy atom. The lowest BCUT2D eigenvalue weighted by Crippen LogP contribution is -2.29. The molecule has 5 rings (SSSR count). The number of hydrogen-bond donors (Lipinski definition) is 1. The summed E-state index contributed by atoms with van der Waals surface area (Å²) in [6, 6.07) is 23.0. The van der Waals surface area contributed by atoms with E-state index in [1.54, 1.807) is 0 Å². The van der Waals surface area contributed by atoms with E-state index in [-0.39, 0.29) is 12.1 Å². The second kappa shape index (κ2) is 9.72. The van der Waals surface area contributed by atoms with E-state index in [4.69, 9.17) is 28.8 Å². The molecule has 2 aromatic carbocycles. The summed E-state index contributed by atoms with van der Waals surface area (Å²) in [5.74, 6) is 0.472. The van der Waals surface area contributed by atoms with Crippen LogP contribution in [0.1, 0.15) is 65.6 Å². The minimum absolute atomic E-state index is 0.0586. The first-order chi connectivity index (χ1) is 17.3. The third-order valence-electron chi connectivity index (χ3n) is 7.14. The van der Waals surface area contributed by atoms with Crippen LogP contribution < -0.4 is 10.2 Å². The molecule has 3 heterocycles. The number of aromatic nitrogens is 2. The van der Waals surface area contributed by atoms with Gasteiger partial charge in [-0.05, 0) is 98.1 Å². The number of aryl methyl sites for hydroxylation is 2. The maximum absolute atomic E-state index is 6.41. The van der Waals surface area contributed by atoms with Crippen molar-refractivity contribution >= 4 is 34.6 Å². The third kappa shape index (κ3) is 4.31. The highest BCUT2D eigenvalue weighted by Crippen LogP contribution is 2.44. The smallest absolute Gasteiger partial charge is 0.174 e. The molecule has 4 aromatic rings. The molecule has 1 saturated heterocycles. The van der Waals surface area contributed by atoms with E-state index in [0.717, 1.165) is 27.8 Å². The van der Waals surface area contributed by atoms with E-state index in [2.05, 4.69) is 91.9 Å². The molecule has 0 saturated carbocycles. The number of nitrogens with one attached hydrogen (secondary N) is 1. The molecule has 0 spiro atoms. The van der Waals surface area contributed by atoms with Gasteiger partial charge in [0.2, 0.25) is 0 Å². The average Bonchev–Trinajstić information content (AvgIpc) is 3.36. The van der Waals surface area contributed by atoms with Gasteiger partial charge in [-0.3, -0.25) is 4.98 Å². The van der Waals surface area contributed by atoms with Gasteiger partial charge < -0.3 is 14.8 Å². The molecule has 2 aromatic heterocycles. The quantitative estimate of drug-likeness (QED) is 0.276. The average molecular weight is 515 g/mol. The maximum atomic E-state index is 6.41. The number of anilines is 1. The van der Waals surface area contributed by atoms with Crippen LogP contribution in [-0.4, -0.2) is 14.7 Å². The number of rotatable bonds is 5. The lowest BCUT2D eigenvalue weighted by Gasteiger charge is -2.28. The Balaban J connectivity index is 1.67. The molecule has 1 aliphatic rings. The van der Waals surface area contributed by atoms with E-state index in [9.17, 15) is 0 Å². The molecular formula is C30H31ClN4S. The van der Waals surface area contributed by atoms with Gasteiger partial charge in [0.25, 0.3) is 0 Å². The molecule has 6 heteroatoms. The van der Waals surface area contributed by atoms with E-state index < -0.39 is 0 Å². The second-order valence-electron chi connectivity index (χ2n) is 9.84. The fraction of sp³-hybridized carbons (Fsp3) is 0.267. The summed E-state index contributed by atoms with van der Waals surface area (Å²) < 4.78 is 2.30. The van der Waals surface area contributed by atoms with Gasteiger partial charge in [-0.15, -0.1) is 0 Å². The molecule has 184 valence electrons. The largest absolute Gasteiger partial charge is 0.351 e. The van der Waals surface area contributed by atoms with Gasteiger partial charge in [-0.1, -0.05) is 49.7 Å². The first-order valence-corrected chi connectivity index (χ1v) is 13.1. The van der Waals surface area contributed by atoms with Gasteiger partial charge in [-0.2, -0.15) is 0 Å². The fourth-order valence-electron chi connectivity index (χ4n) is 5.25. The highest BCUT2D eigenvalue weighted by Gasteiger charge is 2.42. The van der Waals surface area contributed by atoms with Crippen molar-refractivity contribution in [2.45, 2.75) is 52.6 Å². The molecule has 0 bridgehead atoms. The molecule has 1 fully saturated rings. The predicted molar refractivity (Wildman–Crippen MR) is 153 cm³/mol. The molecule has 0 aliphatic carbocycles. The number of thiocarbonyl (C=S) groups is 1. The molecular weight excluding hydrogens is 484 g/mol. The van der Waals surface area contributed by atoms with Crippen LogP contribution in [0.4, 0.5) is 5.69 Å². The minimum Gasteiger partial charge on any atom is -0.351 e. The van der Waals surface area contributed by atoms with E-state index in [1.807, 2.05) is 30.5 Å². The van der Waals surface area contributed by atoms with Gasteiger partial charge in [-0.25, -0.2) is 0 Å². The van der Waals surface area contributed by atoms with Crippen LogP contribution in [0.15, 0.2) is 72.9 Å². The van der Waals surface area contributed by atoms with Gasteiger partial charge in [0.15, 0.2) is 5.11 Å². The lowest BCUT2D eigenvalue weighted by molar-refractivity contribution is 0.565. The van der Waals surface area contributed by atoms with Crippen LogP contribution >= 0.6 is 23.8 Å². The zero-order valence-electron chi connectivity index (χ0n) is 21.3. The van der Waals surface area contributed by atoms with Gasteiger partial charge in [0, 0.05) is 34.0 Å². The summed E-state index contributed by atoms with van der Waals surface area (Å²) in [7, 11) is 0. The molecule has 0 amide bonds. The van der Waals surface area contributed by atoms with Crippen LogP contribution in [0.3, 0.4) is 0 Å². The van der Waals surface area contributed by atoms with E-state index in [1.165, 1.54) is 22.4 Å². The van der Waals surface area contributed by atoms with Crippen molar-refractivity contribution in [2.24, 2.45) is 0 Å². The summed E-state index contributed by atoms with van der Waals surface area (Å²) in [5.41, 5.74) is 9.15. The molecule has 2 atom stereocenters. The Morgan fingerprint density at radius 3 is 2.39 bits per heavy atom. The SMILES string of the molecule is Cc1ccc(Cl)cc1-n1c(C)cc([C@H]2[C@H](c3ccccn3)NC(=S)N2c2ccc(C(C)C)cc2)c1C. The molecule has 4 nitrogen and oxygen atoms in total. The van der Waals surface area contributed by atoms with E-state index >= 15 is 0 Å². The lowest BCUT2D eigenvalue weighted by atomic mass is 9.96. The Kier molecular flexibility index (Phi) is 6.62. The summed E-state index contributed by atoms with van der Waals surface area (Å²) in [6.45, 7) is 10.9. The Hall–Kier alpha value is -3.15. The van der Waals surface area contributed by atoms with Crippen LogP contribution in [0.5, 0.6) is 0 Å². The van der Waals surface area contributed by atoms with Crippen LogP contribution in [-0.2, 0) is 0 Å². The number of pyridine rings is 1. The van der Waals surface area contributed by atoms with Gasteiger partial charge in [0.1, 0.15) is 0 Å². The summed E-state index contributed by atoms with van der Waals surface area (Å²) in [5, 5.41) is 5.02. The standard InChI is InChI=1S/C30H31ClN4S/c1-18(2)22-10-13-24(14-11-22)35-29(28(33-30(35)36)26-8-6-7-15-32-26)25-16-20(4)34(21(25)5)27-17-23(31)12-9-19(27)3/h6-18,28-29H,1-5H3,(H,33,36)/t28-,29-/m0/s1. The molecule has 1 N–H and O–H groups in total. The Labute approximate surface area is 223 Å². The maximum Gasteiger partial charge on any atom is 0.174 e. The molecule has 1 aliphatic heterocycles. The van der Waals surface area contributed by atoms with Gasteiger partial charge in [0.05, 0.1) is 17.8 Å². The monoisotopic (exact) mass is 514 g/mol. The second-order valence-corrected chi connectivity index (χ2v) is 10.7. The summed E-state index contributed by atoms with van der Waals surface area (Å²) >= 11 is 12.3. The Morgan fingerprint density at radius 2 is 1.72 bits per heavy atom. The summed E-state index contributed by atoms with van der Waals surface area (Å²) in [6.07, 6.45) is 1.84. The number of nitrogens with zero attached hydrogens (tertiary/aromatic N) is 3. The van der Waals surface area contributed by atoms with Crippen LogP contribution in [0.25, 0.3) is 5.69 Å².